The molecular weight excluding hydrogens is 399 g/mol. The Morgan fingerprint density at radius 1 is 1.23 bits per heavy atom. The Balaban J connectivity index is 2.72. The van der Waals surface area contributed by atoms with Crippen molar-refractivity contribution in [2.45, 2.75) is 66.5 Å². The molecule has 1 aromatic carbocycles. The van der Waals surface area contributed by atoms with E-state index in [1.807, 2.05) is 32.9 Å². The number of halogens is 3. The number of nitrogens with zero attached hydrogens (tertiary/aromatic N) is 1. The van der Waals surface area contributed by atoms with Gasteiger partial charge < -0.3 is 0 Å². The summed E-state index contributed by atoms with van der Waals surface area (Å²) >= 11 is 0. The van der Waals surface area contributed by atoms with Gasteiger partial charge in [0.15, 0.2) is 0 Å². The van der Waals surface area contributed by atoms with Gasteiger partial charge in [-0.25, -0.2) is 0 Å². The molecule has 0 aliphatic heterocycles. The third kappa shape index (κ3) is 5.08. The number of aryl methyl sites for hydroxylation is 1. The molecule has 0 N–H and O–H groups in total. The maximum absolute atomic E-state index is 13.2. The number of carbonyl (C=O) groups is 1. The van der Waals surface area contributed by atoms with E-state index in [1.54, 1.807) is 13.1 Å². The van der Waals surface area contributed by atoms with Crippen LogP contribution in [-0.2, 0) is 16.4 Å². The van der Waals surface area contributed by atoms with Crippen LogP contribution in [-0.4, -0.2) is 11.5 Å². The van der Waals surface area contributed by atoms with Crippen LogP contribution in [0.4, 0.5) is 13.2 Å². The van der Waals surface area contributed by atoms with Gasteiger partial charge in [0.05, 0.1) is 11.0 Å². The van der Waals surface area contributed by atoms with Gasteiger partial charge in [-0.05, 0) is 87.3 Å². The second kappa shape index (κ2) is 9.37. The van der Waals surface area contributed by atoms with Gasteiger partial charge in [-0.3, -0.25) is 9.79 Å². The first kappa shape index (κ1) is 24.8. The van der Waals surface area contributed by atoms with Crippen molar-refractivity contribution in [3.8, 4) is 0 Å². The minimum atomic E-state index is -4.42. The van der Waals surface area contributed by atoms with Crippen LogP contribution >= 0.6 is 0 Å². The third-order valence-corrected chi connectivity index (χ3v) is 6.32. The lowest BCUT2D eigenvalue weighted by atomic mass is 9.63. The van der Waals surface area contributed by atoms with E-state index in [0.717, 1.165) is 35.4 Å². The number of carbonyl (C=O) groups excluding carboxylic acids is 1. The van der Waals surface area contributed by atoms with Crippen molar-refractivity contribution in [1.29, 1.82) is 0 Å². The van der Waals surface area contributed by atoms with Crippen LogP contribution in [0, 0.1) is 18.8 Å². The van der Waals surface area contributed by atoms with Crippen molar-refractivity contribution in [2.24, 2.45) is 16.8 Å². The minimum absolute atomic E-state index is 0.0865. The molecule has 1 aliphatic carbocycles. The van der Waals surface area contributed by atoms with E-state index in [4.69, 9.17) is 0 Å². The summed E-state index contributed by atoms with van der Waals surface area (Å²) in [4.78, 5) is 17.5. The quantitative estimate of drug-likeness (QED) is 0.432. The summed E-state index contributed by atoms with van der Waals surface area (Å²) in [7, 11) is 0. The Morgan fingerprint density at radius 2 is 1.87 bits per heavy atom. The molecule has 2 unspecified atom stereocenters. The molecule has 0 bridgehead atoms. The number of alkyl halides is 3. The molecule has 2 rings (SSSR count). The number of ketones is 1. The summed E-state index contributed by atoms with van der Waals surface area (Å²) in [5.41, 5.74) is 2.08. The lowest BCUT2D eigenvalue weighted by molar-refractivity contribution is -0.137. The van der Waals surface area contributed by atoms with Gasteiger partial charge in [-0.2, -0.15) is 13.2 Å². The second-order valence-electron chi connectivity index (χ2n) is 8.75. The summed E-state index contributed by atoms with van der Waals surface area (Å²) in [6.45, 7) is 13.0. The van der Waals surface area contributed by atoms with Crippen LogP contribution in [0.25, 0.3) is 0 Å². The number of hydrogen-bond acceptors (Lipinski definition) is 2. The summed E-state index contributed by atoms with van der Waals surface area (Å²) in [6, 6.07) is 3.68. The number of hydrogen-bond donors (Lipinski definition) is 0. The van der Waals surface area contributed by atoms with Gasteiger partial charge in [0, 0.05) is 11.9 Å². The highest BCUT2D eigenvalue weighted by atomic mass is 19.4. The summed E-state index contributed by atoms with van der Waals surface area (Å²) in [5.74, 6) is 0.288. The van der Waals surface area contributed by atoms with Gasteiger partial charge in [-0.15, -0.1) is 0 Å². The van der Waals surface area contributed by atoms with E-state index < -0.39 is 17.2 Å². The summed E-state index contributed by atoms with van der Waals surface area (Å²) in [6.07, 6.45) is 4.06. The van der Waals surface area contributed by atoms with Crippen LogP contribution in [0.15, 0.2) is 58.8 Å². The first-order valence-electron chi connectivity index (χ1n) is 10.6. The molecule has 168 valence electrons. The number of benzene rings is 1. The molecule has 0 aromatic heterocycles. The fourth-order valence-electron chi connectivity index (χ4n) is 4.32. The highest BCUT2D eigenvalue weighted by Crippen LogP contribution is 2.45. The van der Waals surface area contributed by atoms with Gasteiger partial charge in [0.1, 0.15) is 5.78 Å². The zero-order chi connectivity index (χ0) is 23.6. The van der Waals surface area contributed by atoms with Gasteiger partial charge in [0.2, 0.25) is 0 Å². The van der Waals surface area contributed by atoms with E-state index in [0.29, 0.717) is 11.1 Å². The zero-order valence-electron chi connectivity index (χ0n) is 19.4. The molecule has 0 amide bonds. The lowest BCUT2D eigenvalue weighted by Gasteiger charge is -2.40. The average Bonchev–Trinajstić information content (AvgIpc) is 2.69. The fourth-order valence-corrected chi connectivity index (χ4v) is 4.32. The van der Waals surface area contributed by atoms with Gasteiger partial charge in [0.25, 0.3) is 0 Å². The normalized spacial score (nSPS) is 20.0. The standard InChI is InChI=1S/C26H32F3NO/c1-8-13-30-18(5)20-9-11-22(16(2)3)24(15-20)25(7,19(6)31)23-12-10-21(14-17(23)4)26(27,28)29/h8-10,12-16,22H,11H2,1-7H3/b13-8-,30-18?. The van der Waals surface area contributed by atoms with E-state index in [-0.39, 0.29) is 17.6 Å². The van der Waals surface area contributed by atoms with Crippen molar-refractivity contribution < 1.29 is 18.0 Å². The van der Waals surface area contributed by atoms with Crippen molar-refractivity contribution >= 4 is 11.5 Å². The first-order valence-corrected chi connectivity index (χ1v) is 10.6. The van der Waals surface area contributed by atoms with Crippen LogP contribution in [0.3, 0.4) is 0 Å². The van der Waals surface area contributed by atoms with Crippen molar-refractivity contribution in [3.05, 3.63) is 70.5 Å². The number of Topliss-reactive ketones (excluding diaryl/α,β-unsaturated/α-hetero) is 1. The van der Waals surface area contributed by atoms with Gasteiger partial charge >= 0.3 is 6.18 Å². The molecule has 0 saturated heterocycles. The largest absolute Gasteiger partial charge is 0.416 e. The van der Waals surface area contributed by atoms with Crippen molar-refractivity contribution in [2.75, 3.05) is 0 Å². The minimum Gasteiger partial charge on any atom is -0.299 e. The SMILES string of the molecule is C/C=C\N=C(C)C1=CCC(C(C)C)C(C(C)(C(C)=O)c2ccc(C(F)(F)F)cc2C)=C1. The van der Waals surface area contributed by atoms with Crippen LogP contribution in [0.5, 0.6) is 0 Å². The number of allylic oxidation sites excluding steroid dienone is 5. The predicted octanol–water partition coefficient (Wildman–Crippen LogP) is 7.38. The van der Waals surface area contributed by atoms with E-state index >= 15 is 0 Å². The molecule has 0 fully saturated rings. The number of rotatable bonds is 6. The molecule has 1 aliphatic rings. The molecule has 2 nitrogen and oxygen atoms in total. The topological polar surface area (TPSA) is 29.4 Å². The Morgan fingerprint density at radius 3 is 2.35 bits per heavy atom. The molecule has 1 aromatic rings. The Hall–Kier alpha value is -2.43. The van der Waals surface area contributed by atoms with Crippen molar-refractivity contribution in [3.63, 3.8) is 0 Å². The fraction of sp³-hybridized carbons (Fsp3) is 0.462. The summed E-state index contributed by atoms with van der Waals surface area (Å²) in [5, 5.41) is 0. The smallest absolute Gasteiger partial charge is 0.299 e. The molecule has 0 radical (unpaired) electrons. The zero-order valence-corrected chi connectivity index (χ0v) is 19.4. The predicted molar refractivity (Wildman–Crippen MR) is 121 cm³/mol. The first-order chi connectivity index (χ1) is 14.3. The van der Waals surface area contributed by atoms with Crippen LogP contribution < -0.4 is 0 Å². The van der Waals surface area contributed by atoms with E-state index in [9.17, 15) is 18.0 Å². The molecule has 5 heteroatoms. The van der Waals surface area contributed by atoms with E-state index in [2.05, 4.69) is 24.9 Å². The highest BCUT2D eigenvalue weighted by Gasteiger charge is 2.43. The molecule has 31 heavy (non-hydrogen) atoms. The van der Waals surface area contributed by atoms with Crippen LogP contribution in [0.1, 0.15) is 64.7 Å². The van der Waals surface area contributed by atoms with E-state index in [1.165, 1.54) is 13.0 Å². The lowest BCUT2D eigenvalue weighted by Crippen LogP contribution is -2.39. The summed E-state index contributed by atoms with van der Waals surface area (Å²) < 4.78 is 39.6. The Labute approximate surface area is 183 Å². The molecule has 0 saturated carbocycles. The molecule has 0 spiro atoms. The van der Waals surface area contributed by atoms with Gasteiger partial charge in [-0.1, -0.05) is 38.1 Å². The van der Waals surface area contributed by atoms with Crippen molar-refractivity contribution in [1.82, 2.24) is 0 Å². The maximum Gasteiger partial charge on any atom is 0.416 e. The molecule has 0 heterocycles. The second-order valence-corrected chi connectivity index (χ2v) is 8.75. The monoisotopic (exact) mass is 431 g/mol. The maximum atomic E-state index is 13.2. The molecular formula is C26H32F3NO. The number of aliphatic imine (C=N–C) groups is 1. The Bertz CT molecular complexity index is 963. The third-order valence-electron chi connectivity index (χ3n) is 6.32. The Kier molecular flexibility index (Phi) is 7.51. The van der Waals surface area contributed by atoms with Crippen LogP contribution in [0.2, 0.25) is 0 Å². The average molecular weight is 432 g/mol. The molecule has 2 atom stereocenters. The highest BCUT2D eigenvalue weighted by molar-refractivity contribution is 6.02.